The number of nitrogens with two attached hydrogens (primary N) is 2. The molecule has 230 valence electrons. The summed E-state index contributed by atoms with van der Waals surface area (Å²) in [6.07, 6.45) is -0.304. The van der Waals surface area contributed by atoms with Gasteiger partial charge in [0.2, 0.25) is 29.5 Å². The Kier molecular flexibility index (Phi) is 12.7. The van der Waals surface area contributed by atoms with E-state index in [1.807, 2.05) is 0 Å². The normalized spacial score (nSPS) is 22.7. The van der Waals surface area contributed by atoms with Gasteiger partial charge in [0, 0.05) is 20.0 Å². The zero-order chi connectivity index (χ0) is 31.4. The molecule has 0 spiro atoms. The third kappa shape index (κ3) is 10.4. The summed E-state index contributed by atoms with van der Waals surface area (Å²) in [5, 5.41) is 19.5. The number of nitrogens with zero attached hydrogens (tertiary/aromatic N) is 2. The average molecular weight is 589 g/mol. The molecule has 1 heterocycles. The summed E-state index contributed by atoms with van der Waals surface area (Å²) in [5.74, 6) is -5.59. The van der Waals surface area contributed by atoms with Crippen LogP contribution in [0.4, 0.5) is 0 Å². The fourth-order valence-electron chi connectivity index (χ4n) is 4.37. The monoisotopic (exact) mass is 588 g/mol. The molecule has 0 aromatic heterocycles. The van der Waals surface area contributed by atoms with E-state index in [4.69, 9.17) is 11.5 Å². The summed E-state index contributed by atoms with van der Waals surface area (Å²) in [6, 6.07) is 3.94. The number of carbonyl (C=O) groups excluding carboxylic acids is 5. The van der Waals surface area contributed by atoms with Crippen LogP contribution < -0.4 is 32.7 Å². The highest BCUT2D eigenvalue weighted by Gasteiger charge is 2.37. The first-order valence-electron chi connectivity index (χ1n) is 13.6. The summed E-state index contributed by atoms with van der Waals surface area (Å²) >= 11 is 0. The third-order valence-corrected chi connectivity index (χ3v) is 6.65. The highest BCUT2D eigenvalue weighted by Crippen LogP contribution is 2.13. The number of carbonyl (C=O) groups is 6. The minimum absolute atomic E-state index is 0.0442. The summed E-state index contributed by atoms with van der Waals surface area (Å²) < 4.78 is 0. The Morgan fingerprint density at radius 1 is 1.00 bits per heavy atom. The van der Waals surface area contributed by atoms with E-state index in [1.54, 1.807) is 44.2 Å². The molecule has 2 rings (SSSR count). The van der Waals surface area contributed by atoms with Crippen LogP contribution in [0.2, 0.25) is 0 Å². The van der Waals surface area contributed by atoms with Crippen LogP contribution >= 0.6 is 0 Å². The predicted octanol–water partition coefficient (Wildman–Crippen LogP) is -2.18. The van der Waals surface area contributed by atoms with Gasteiger partial charge in [-0.25, -0.2) is 0 Å². The number of nitrogens with one attached hydrogen (secondary N) is 4. The molecule has 0 unspecified atom stereocenters. The summed E-state index contributed by atoms with van der Waals surface area (Å²) in [4.78, 5) is 82.7. The molecule has 1 aromatic rings. The number of rotatable bonds is 9. The zero-order valence-corrected chi connectivity index (χ0v) is 24.0. The first kappa shape index (κ1) is 33.5. The Morgan fingerprint density at radius 2 is 1.67 bits per heavy atom. The topological polar surface area (TPSA) is 238 Å². The fourth-order valence-corrected chi connectivity index (χ4v) is 4.37. The van der Waals surface area contributed by atoms with Gasteiger partial charge in [-0.15, -0.1) is 0 Å². The van der Waals surface area contributed by atoms with Gasteiger partial charge in [0.25, 0.3) is 0 Å². The van der Waals surface area contributed by atoms with Crippen molar-refractivity contribution in [2.24, 2.45) is 22.4 Å². The number of carboxylic acid groups (broad SMARTS) is 1. The van der Waals surface area contributed by atoms with Gasteiger partial charge < -0.3 is 42.7 Å². The molecular formula is C27H40N8O7. The molecule has 15 nitrogen and oxygen atoms in total. The van der Waals surface area contributed by atoms with E-state index < -0.39 is 78.6 Å². The van der Waals surface area contributed by atoms with E-state index in [0.717, 1.165) is 4.90 Å². The Balaban J connectivity index is 2.49. The Morgan fingerprint density at radius 3 is 2.26 bits per heavy atom. The number of benzene rings is 1. The van der Waals surface area contributed by atoms with E-state index in [-0.39, 0.29) is 25.3 Å². The number of aliphatic imine (C=N–C) groups is 1. The molecule has 4 atom stereocenters. The second-order valence-electron chi connectivity index (χ2n) is 10.3. The highest BCUT2D eigenvalue weighted by molar-refractivity contribution is 5.98. The number of carboxylic acids is 1. The lowest BCUT2D eigenvalue weighted by atomic mass is 9.99. The second-order valence-corrected chi connectivity index (χ2v) is 10.3. The summed E-state index contributed by atoms with van der Waals surface area (Å²) in [6.45, 7) is 3.00. The summed E-state index contributed by atoms with van der Waals surface area (Å²) in [7, 11) is 1.33. The van der Waals surface area contributed by atoms with E-state index >= 15 is 0 Å². The van der Waals surface area contributed by atoms with Crippen LogP contribution in [-0.4, -0.2) is 95.8 Å². The molecule has 0 aliphatic carbocycles. The van der Waals surface area contributed by atoms with Crippen LogP contribution in [0, 0.1) is 5.92 Å². The number of guanidine groups is 1. The van der Waals surface area contributed by atoms with E-state index in [2.05, 4.69) is 26.3 Å². The maximum absolute atomic E-state index is 13.7. The lowest BCUT2D eigenvalue weighted by molar-refractivity contribution is -0.146. The zero-order valence-electron chi connectivity index (χ0n) is 24.0. The van der Waals surface area contributed by atoms with Gasteiger partial charge in [0.1, 0.15) is 24.2 Å². The van der Waals surface area contributed by atoms with Crippen molar-refractivity contribution in [3.8, 4) is 0 Å². The molecule has 1 fully saturated rings. The molecular weight excluding hydrogens is 548 g/mol. The van der Waals surface area contributed by atoms with E-state index in [9.17, 15) is 33.9 Å². The van der Waals surface area contributed by atoms with Gasteiger partial charge in [0.15, 0.2) is 5.96 Å². The van der Waals surface area contributed by atoms with Crippen LogP contribution in [0.5, 0.6) is 0 Å². The predicted molar refractivity (Wildman–Crippen MR) is 153 cm³/mol. The Labute approximate surface area is 243 Å². The average Bonchev–Trinajstić information content (AvgIpc) is 2.93. The van der Waals surface area contributed by atoms with Crippen molar-refractivity contribution in [2.75, 3.05) is 20.1 Å². The number of aliphatic carboxylic acids is 1. The van der Waals surface area contributed by atoms with Crippen LogP contribution in [0.1, 0.15) is 38.7 Å². The van der Waals surface area contributed by atoms with Gasteiger partial charge in [-0.3, -0.25) is 33.8 Å². The van der Waals surface area contributed by atoms with Gasteiger partial charge >= 0.3 is 5.97 Å². The Hall–Kier alpha value is -4.69. The maximum Gasteiger partial charge on any atom is 0.305 e. The third-order valence-electron chi connectivity index (χ3n) is 6.65. The molecule has 1 saturated heterocycles. The van der Waals surface area contributed by atoms with Crippen LogP contribution in [0.3, 0.4) is 0 Å². The van der Waals surface area contributed by atoms with Crippen LogP contribution in [0.15, 0.2) is 35.3 Å². The first-order valence-corrected chi connectivity index (χ1v) is 13.6. The number of hydrogen-bond acceptors (Lipinski definition) is 7. The van der Waals surface area contributed by atoms with Crippen molar-refractivity contribution >= 4 is 41.5 Å². The lowest BCUT2D eigenvalue weighted by Gasteiger charge is -2.32. The van der Waals surface area contributed by atoms with Crippen molar-refractivity contribution < 1.29 is 33.9 Å². The minimum atomic E-state index is -1.52. The van der Waals surface area contributed by atoms with Gasteiger partial charge in [-0.1, -0.05) is 44.2 Å². The van der Waals surface area contributed by atoms with Crippen LogP contribution in [-0.2, 0) is 35.2 Å². The van der Waals surface area contributed by atoms with Crippen molar-refractivity contribution in [3.05, 3.63) is 35.9 Å². The van der Waals surface area contributed by atoms with E-state index in [1.165, 1.54) is 7.05 Å². The smallest absolute Gasteiger partial charge is 0.305 e. The number of likely N-dealkylation sites (N-methyl/N-ethyl adjacent to an activating group) is 1. The lowest BCUT2D eigenvalue weighted by Crippen LogP contribution is -2.59. The molecule has 1 aromatic carbocycles. The molecule has 1 aliphatic rings. The minimum Gasteiger partial charge on any atom is -0.481 e. The maximum atomic E-state index is 13.7. The highest BCUT2D eigenvalue weighted by atomic mass is 16.4. The molecule has 0 radical (unpaired) electrons. The van der Waals surface area contributed by atoms with Crippen molar-refractivity contribution in [1.29, 1.82) is 0 Å². The molecule has 5 amide bonds. The van der Waals surface area contributed by atoms with Gasteiger partial charge in [0.05, 0.1) is 13.0 Å². The number of hydrogen-bond donors (Lipinski definition) is 7. The molecule has 15 heteroatoms. The van der Waals surface area contributed by atoms with Crippen molar-refractivity contribution in [2.45, 2.75) is 63.7 Å². The number of amides is 5. The molecule has 1 aliphatic heterocycles. The first-order chi connectivity index (χ1) is 19.8. The molecule has 0 saturated carbocycles. The Bertz CT molecular complexity index is 1170. The summed E-state index contributed by atoms with van der Waals surface area (Å²) in [5.41, 5.74) is 11.4. The van der Waals surface area contributed by atoms with Crippen molar-refractivity contribution in [1.82, 2.24) is 26.2 Å². The van der Waals surface area contributed by atoms with E-state index in [0.29, 0.717) is 12.0 Å². The fraction of sp³-hybridized carbons (Fsp3) is 0.519. The van der Waals surface area contributed by atoms with Gasteiger partial charge in [-0.2, -0.15) is 0 Å². The molecule has 42 heavy (non-hydrogen) atoms. The molecule has 0 bridgehead atoms. The quantitative estimate of drug-likeness (QED) is 0.0942. The van der Waals surface area contributed by atoms with Crippen molar-refractivity contribution in [3.63, 3.8) is 0 Å². The largest absolute Gasteiger partial charge is 0.481 e. The van der Waals surface area contributed by atoms with Gasteiger partial charge in [-0.05, 0) is 24.3 Å². The van der Waals surface area contributed by atoms with Crippen LogP contribution in [0.25, 0.3) is 0 Å². The SMILES string of the molecule is CC(C)[C@@H]1NC(=O)[C@@H](Cc2ccccc2)N(C)C(=O)[C@H](CC(=O)O)NC(=O)CNC(=O)[C@H](CCCN=C(N)N)NC1=O. The molecule has 9 N–H and O–H groups in total. The second kappa shape index (κ2) is 15.9. The standard InChI is InChI=1S/C27H40N8O7/c1-15(2)22-25(41)33-17(10-7-11-30-27(28)29)23(39)31-14-20(36)32-18(13-21(37)38)26(42)35(3)19(24(40)34-22)12-16-8-5-4-6-9-16/h4-6,8-9,15,17-19,22H,7,10-14H2,1-3H3,(H,31,39)(H,32,36)(H,33,41)(H,34,40)(H,37,38)(H4,28,29,30)/t17-,18-,19+,22-/m0/s1.